The summed E-state index contributed by atoms with van der Waals surface area (Å²) in [5, 5.41) is 4.21. The van der Waals surface area contributed by atoms with Crippen LogP contribution in [0.5, 0.6) is 0 Å². The van der Waals surface area contributed by atoms with Gasteiger partial charge in [0.25, 0.3) is 0 Å². The molecule has 1 aliphatic heterocycles. The molecule has 1 fully saturated rings. The molecule has 0 bridgehead atoms. The molecule has 20 heavy (non-hydrogen) atoms. The molecule has 0 radical (unpaired) electrons. The van der Waals surface area contributed by atoms with Crippen molar-refractivity contribution in [3.05, 3.63) is 28.8 Å². The summed E-state index contributed by atoms with van der Waals surface area (Å²) in [6.07, 6.45) is 1.26. The maximum atomic E-state index is 6.16. The number of hydrogen-bond donors (Lipinski definition) is 1. The average molecular weight is 297 g/mol. The lowest BCUT2D eigenvalue weighted by atomic mass is 10.1. The van der Waals surface area contributed by atoms with E-state index in [1.165, 1.54) is 17.7 Å². The van der Waals surface area contributed by atoms with Gasteiger partial charge in [-0.3, -0.25) is 0 Å². The zero-order chi connectivity index (χ0) is 14.5. The molecule has 1 aromatic rings. The zero-order valence-corrected chi connectivity index (χ0v) is 13.4. The van der Waals surface area contributed by atoms with Gasteiger partial charge in [0.1, 0.15) is 0 Å². The Kier molecular flexibility index (Phi) is 5.70. The second-order valence-corrected chi connectivity index (χ2v) is 6.22. The number of methoxy groups -OCH3 is 1. The predicted molar refractivity (Wildman–Crippen MR) is 85.6 cm³/mol. The number of hydrogen-bond acceptors (Lipinski definition) is 3. The molecule has 0 saturated carbocycles. The van der Waals surface area contributed by atoms with Crippen molar-refractivity contribution < 1.29 is 4.74 Å². The molecule has 3 nitrogen and oxygen atoms in total. The largest absolute Gasteiger partial charge is 0.383 e. The van der Waals surface area contributed by atoms with E-state index in [1.807, 2.05) is 6.07 Å². The highest BCUT2D eigenvalue weighted by Crippen LogP contribution is 2.32. The van der Waals surface area contributed by atoms with Crippen LogP contribution in [0.2, 0.25) is 5.02 Å². The van der Waals surface area contributed by atoms with Gasteiger partial charge in [-0.2, -0.15) is 0 Å². The van der Waals surface area contributed by atoms with Crippen molar-refractivity contribution in [1.29, 1.82) is 0 Å². The number of halogens is 1. The van der Waals surface area contributed by atoms with E-state index in [0.29, 0.717) is 6.04 Å². The molecule has 0 amide bonds. The van der Waals surface area contributed by atoms with Crippen LogP contribution in [0.1, 0.15) is 25.8 Å². The summed E-state index contributed by atoms with van der Waals surface area (Å²) in [6.45, 7) is 8.18. The van der Waals surface area contributed by atoms with Crippen molar-refractivity contribution >= 4 is 17.3 Å². The quantitative estimate of drug-likeness (QED) is 0.815. The molecule has 2 atom stereocenters. The number of rotatable bonds is 6. The summed E-state index contributed by atoms with van der Waals surface area (Å²) in [4.78, 5) is 2.51. The minimum absolute atomic E-state index is 0.601. The van der Waals surface area contributed by atoms with Crippen LogP contribution in [-0.2, 0) is 11.3 Å². The Morgan fingerprint density at radius 2 is 2.20 bits per heavy atom. The molecule has 2 rings (SSSR count). The Morgan fingerprint density at radius 3 is 2.85 bits per heavy atom. The van der Waals surface area contributed by atoms with E-state index in [-0.39, 0.29) is 0 Å². The first-order valence-electron chi connectivity index (χ1n) is 7.36. The fourth-order valence-corrected chi connectivity index (χ4v) is 3.20. The fraction of sp³-hybridized carbons (Fsp3) is 0.625. The van der Waals surface area contributed by atoms with Gasteiger partial charge in [0, 0.05) is 43.5 Å². The maximum absolute atomic E-state index is 6.16. The van der Waals surface area contributed by atoms with Crippen LogP contribution >= 0.6 is 11.6 Å². The maximum Gasteiger partial charge on any atom is 0.0587 e. The Balaban J connectivity index is 2.11. The van der Waals surface area contributed by atoms with E-state index in [1.54, 1.807) is 7.11 Å². The van der Waals surface area contributed by atoms with Gasteiger partial charge >= 0.3 is 0 Å². The third kappa shape index (κ3) is 3.87. The summed E-state index contributed by atoms with van der Waals surface area (Å²) < 4.78 is 5.07. The third-order valence-electron chi connectivity index (χ3n) is 3.93. The van der Waals surface area contributed by atoms with Crippen LogP contribution in [0, 0.1) is 5.92 Å². The zero-order valence-electron chi connectivity index (χ0n) is 12.7. The van der Waals surface area contributed by atoms with E-state index >= 15 is 0 Å². The predicted octanol–water partition coefficient (Wildman–Crippen LogP) is 3.31. The van der Waals surface area contributed by atoms with Crippen molar-refractivity contribution in [3.63, 3.8) is 0 Å². The van der Waals surface area contributed by atoms with E-state index in [0.717, 1.165) is 37.2 Å². The Bertz CT molecular complexity index is 438. The first kappa shape index (κ1) is 15.6. The number of ether oxygens (including phenoxy) is 1. The van der Waals surface area contributed by atoms with Crippen LogP contribution in [-0.4, -0.2) is 32.8 Å². The van der Waals surface area contributed by atoms with Crippen molar-refractivity contribution in [2.75, 3.05) is 31.7 Å². The fourth-order valence-electron chi connectivity index (χ4n) is 3.01. The molecular weight excluding hydrogens is 272 g/mol. The highest BCUT2D eigenvalue weighted by Gasteiger charge is 2.27. The molecule has 1 aromatic carbocycles. The summed E-state index contributed by atoms with van der Waals surface area (Å²) in [7, 11) is 1.72. The van der Waals surface area contributed by atoms with E-state index in [4.69, 9.17) is 16.3 Å². The van der Waals surface area contributed by atoms with Gasteiger partial charge in [0.05, 0.1) is 6.61 Å². The summed E-state index contributed by atoms with van der Waals surface area (Å²) in [6, 6.07) is 6.82. The molecular formula is C16H25ClN2O. The Labute approximate surface area is 127 Å². The molecule has 4 heteroatoms. The molecule has 1 saturated heterocycles. The Hall–Kier alpha value is -0.770. The molecule has 1 N–H and O–H groups in total. The first-order valence-corrected chi connectivity index (χ1v) is 7.74. The van der Waals surface area contributed by atoms with Crippen molar-refractivity contribution in [3.8, 4) is 0 Å². The molecule has 1 aliphatic rings. The Morgan fingerprint density at radius 1 is 1.40 bits per heavy atom. The standard InChI is InChI=1S/C16H25ClN2O/c1-12-8-13(2)19(11-12)16-5-4-15(17)9-14(16)10-18-6-7-20-3/h4-5,9,12-13,18H,6-8,10-11H2,1-3H3. The average Bonchev–Trinajstić information content (AvgIpc) is 2.74. The minimum Gasteiger partial charge on any atom is -0.383 e. The van der Waals surface area contributed by atoms with Crippen molar-refractivity contribution in [1.82, 2.24) is 5.32 Å². The lowest BCUT2D eigenvalue weighted by molar-refractivity contribution is 0.199. The number of nitrogens with one attached hydrogen (secondary N) is 1. The lowest BCUT2D eigenvalue weighted by Gasteiger charge is -2.27. The first-order chi connectivity index (χ1) is 9.61. The molecule has 0 spiro atoms. The van der Waals surface area contributed by atoms with Crippen LogP contribution in [0.15, 0.2) is 18.2 Å². The van der Waals surface area contributed by atoms with Crippen molar-refractivity contribution in [2.45, 2.75) is 32.9 Å². The number of benzene rings is 1. The molecule has 0 aromatic heterocycles. The van der Waals surface area contributed by atoms with E-state index in [2.05, 4.69) is 36.2 Å². The van der Waals surface area contributed by atoms with Crippen LogP contribution in [0.4, 0.5) is 5.69 Å². The lowest BCUT2D eigenvalue weighted by Crippen LogP contribution is -2.29. The van der Waals surface area contributed by atoms with Gasteiger partial charge < -0.3 is 15.0 Å². The van der Waals surface area contributed by atoms with Crippen LogP contribution < -0.4 is 10.2 Å². The van der Waals surface area contributed by atoms with Gasteiger partial charge in [0.15, 0.2) is 0 Å². The second-order valence-electron chi connectivity index (χ2n) is 5.78. The minimum atomic E-state index is 0.601. The smallest absolute Gasteiger partial charge is 0.0587 e. The third-order valence-corrected chi connectivity index (χ3v) is 4.17. The van der Waals surface area contributed by atoms with E-state index < -0.39 is 0 Å². The van der Waals surface area contributed by atoms with Crippen LogP contribution in [0.3, 0.4) is 0 Å². The van der Waals surface area contributed by atoms with Gasteiger partial charge in [-0.15, -0.1) is 0 Å². The molecule has 2 unspecified atom stereocenters. The summed E-state index contributed by atoms with van der Waals surface area (Å²) in [5.74, 6) is 0.759. The number of nitrogens with zero attached hydrogens (tertiary/aromatic N) is 1. The summed E-state index contributed by atoms with van der Waals surface area (Å²) >= 11 is 6.16. The highest BCUT2D eigenvalue weighted by molar-refractivity contribution is 6.30. The van der Waals surface area contributed by atoms with E-state index in [9.17, 15) is 0 Å². The van der Waals surface area contributed by atoms with Crippen LogP contribution in [0.25, 0.3) is 0 Å². The van der Waals surface area contributed by atoms with Crippen molar-refractivity contribution in [2.24, 2.45) is 5.92 Å². The highest BCUT2D eigenvalue weighted by atomic mass is 35.5. The normalized spacial score (nSPS) is 22.5. The molecule has 0 aliphatic carbocycles. The topological polar surface area (TPSA) is 24.5 Å². The van der Waals surface area contributed by atoms with Gasteiger partial charge in [0.2, 0.25) is 0 Å². The van der Waals surface area contributed by atoms with Gasteiger partial charge in [-0.25, -0.2) is 0 Å². The molecule has 112 valence electrons. The monoisotopic (exact) mass is 296 g/mol. The summed E-state index contributed by atoms with van der Waals surface area (Å²) in [5.41, 5.74) is 2.59. The second kappa shape index (κ2) is 7.30. The molecule has 1 heterocycles. The van der Waals surface area contributed by atoms with Gasteiger partial charge in [-0.1, -0.05) is 18.5 Å². The SMILES string of the molecule is COCCNCc1cc(Cl)ccc1N1CC(C)CC1C. The van der Waals surface area contributed by atoms with Gasteiger partial charge in [-0.05, 0) is 43.0 Å². The number of anilines is 1.